The summed E-state index contributed by atoms with van der Waals surface area (Å²) in [5.41, 5.74) is 1.71. The van der Waals surface area contributed by atoms with Crippen LogP contribution in [0.3, 0.4) is 0 Å². The summed E-state index contributed by atoms with van der Waals surface area (Å²) in [5, 5.41) is 7.01. The first-order valence-electron chi connectivity index (χ1n) is 11.4. The van der Waals surface area contributed by atoms with E-state index >= 15 is 0 Å². The Labute approximate surface area is 206 Å². The number of carbonyl (C=O) groups excluding carboxylic acids is 1. The Hall–Kier alpha value is -3.20. The van der Waals surface area contributed by atoms with Gasteiger partial charge < -0.3 is 34.6 Å². The van der Waals surface area contributed by atoms with Gasteiger partial charge in [-0.25, -0.2) is 4.79 Å². The number of benzene rings is 2. The fourth-order valence-electron chi connectivity index (χ4n) is 4.73. The molecule has 0 radical (unpaired) electrons. The van der Waals surface area contributed by atoms with Crippen molar-refractivity contribution in [3.63, 3.8) is 0 Å². The Morgan fingerprint density at radius 1 is 0.882 bits per heavy atom. The highest BCUT2D eigenvalue weighted by molar-refractivity contribution is 7.80. The van der Waals surface area contributed by atoms with Crippen LogP contribution in [-0.4, -0.2) is 68.5 Å². The molecule has 0 aliphatic carbocycles. The van der Waals surface area contributed by atoms with E-state index in [2.05, 4.69) is 15.5 Å². The normalized spacial score (nSPS) is 16.8. The van der Waals surface area contributed by atoms with Gasteiger partial charge in [0, 0.05) is 50.1 Å². The molecular formula is C25H32N4O4S. The number of urea groups is 1. The molecule has 182 valence electrons. The molecule has 2 aromatic carbocycles. The van der Waals surface area contributed by atoms with E-state index in [4.69, 9.17) is 26.4 Å². The van der Waals surface area contributed by atoms with Gasteiger partial charge in [0.05, 0.1) is 27.0 Å². The molecule has 2 amide bonds. The third-order valence-corrected chi connectivity index (χ3v) is 7.15. The van der Waals surface area contributed by atoms with E-state index < -0.39 is 0 Å². The lowest BCUT2D eigenvalue weighted by Gasteiger charge is -2.39. The van der Waals surface area contributed by atoms with Crippen LogP contribution in [-0.2, 0) is 0 Å². The zero-order valence-corrected chi connectivity index (χ0v) is 20.7. The lowest BCUT2D eigenvalue weighted by Crippen LogP contribution is -2.46. The van der Waals surface area contributed by atoms with E-state index in [1.54, 1.807) is 21.3 Å². The number of hydrogen-bond donors (Lipinski definition) is 2. The standard InChI is InChI=1S/C25H32N4O4S/c1-31-19-14-18(15-20(16-19)32-2)26-24(34)29-13-10-25(17-29)8-11-28(12-9-25)23(30)27-21-6-4-5-7-22(21)33-3/h4-7,14-16H,8-13,17H2,1-3H3,(H,26,34)(H,27,30). The zero-order chi connectivity index (χ0) is 24.1. The van der Waals surface area contributed by atoms with Crippen molar-refractivity contribution in [2.75, 3.05) is 58.1 Å². The highest BCUT2D eigenvalue weighted by Crippen LogP contribution is 2.41. The van der Waals surface area contributed by atoms with Crippen molar-refractivity contribution in [1.29, 1.82) is 0 Å². The van der Waals surface area contributed by atoms with Gasteiger partial charge in [0.15, 0.2) is 5.11 Å². The molecule has 2 heterocycles. The summed E-state index contributed by atoms with van der Waals surface area (Å²) in [6, 6.07) is 13.0. The summed E-state index contributed by atoms with van der Waals surface area (Å²) < 4.78 is 16.0. The lowest BCUT2D eigenvalue weighted by molar-refractivity contribution is 0.132. The second-order valence-electron chi connectivity index (χ2n) is 8.82. The molecule has 2 aliphatic rings. The fourth-order valence-corrected chi connectivity index (χ4v) is 5.00. The topological polar surface area (TPSA) is 75.3 Å². The van der Waals surface area contributed by atoms with Crippen LogP contribution in [0.4, 0.5) is 16.2 Å². The molecule has 8 nitrogen and oxygen atoms in total. The first-order valence-corrected chi connectivity index (χ1v) is 11.8. The first kappa shape index (κ1) is 23.9. The van der Waals surface area contributed by atoms with Crippen LogP contribution in [0, 0.1) is 5.41 Å². The third-order valence-electron chi connectivity index (χ3n) is 6.79. The van der Waals surface area contributed by atoms with Gasteiger partial charge in [-0.15, -0.1) is 0 Å². The second-order valence-corrected chi connectivity index (χ2v) is 9.21. The first-order chi connectivity index (χ1) is 16.4. The number of rotatable bonds is 5. The Balaban J connectivity index is 1.31. The smallest absolute Gasteiger partial charge is 0.321 e. The van der Waals surface area contributed by atoms with Crippen LogP contribution >= 0.6 is 12.2 Å². The highest BCUT2D eigenvalue weighted by Gasteiger charge is 2.42. The molecular weight excluding hydrogens is 452 g/mol. The number of para-hydroxylation sites is 2. The van der Waals surface area contributed by atoms with Crippen molar-refractivity contribution in [3.05, 3.63) is 42.5 Å². The minimum atomic E-state index is -0.0848. The number of hydrogen-bond acceptors (Lipinski definition) is 5. The van der Waals surface area contributed by atoms with E-state index in [9.17, 15) is 4.79 Å². The largest absolute Gasteiger partial charge is 0.497 e. The average Bonchev–Trinajstić information content (AvgIpc) is 3.28. The molecule has 1 spiro atoms. The van der Waals surface area contributed by atoms with Crippen molar-refractivity contribution in [1.82, 2.24) is 9.80 Å². The molecule has 9 heteroatoms. The number of carbonyl (C=O) groups is 1. The maximum Gasteiger partial charge on any atom is 0.321 e. The van der Waals surface area contributed by atoms with Crippen LogP contribution in [0.2, 0.25) is 0 Å². The summed E-state index contributed by atoms with van der Waals surface area (Å²) in [6.45, 7) is 3.24. The van der Waals surface area contributed by atoms with Crippen molar-refractivity contribution in [2.24, 2.45) is 5.41 Å². The Morgan fingerprint density at radius 2 is 1.50 bits per heavy atom. The van der Waals surface area contributed by atoms with Crippen molar-refractivity contribution in [2.45, 2.75) is 19.3 Å². The second kappa shape index (κ2) is 10.4. The molecule has 0 saturated carbocycles. The fraction of sp³-hybridized carbons (Fsp3) is 0.440. The van der Waals surface area contributed by atoms with Crippen LogP contribution in [0.1, 0.15) is 19.3 Å². The summed E-state index contributed by atoms with van der Waals surface area (Å²) in [7, 11) is 4.86. The van der Waals surface area contributed by atoms with Crippen LogP contribution in [0.15, 0.2) is 42.5 Å². The molecule has 2 saturated heterocycles. The molecule has 2 aliphatic heterocycles. The maximum atomic E-state index is 12.8. The van der Waals surface area contributed by atoms with Crippen molar-refractivity contribution < 1.29 is 19.0 Å². The van der Waals surface area contributed by atoms with Crippen LogP contribution < -0.4 is 24.8 Å². The number of nitrogens with zero attached hydrogens (tertiary/aromatic N) is 2. The quantitative estimate of drug-likeness (QED) is 0.608. The Bertz CT molecular complexity index is 1020. The molecule has 2 N–H and O–H groups in total. The van der Waals surface area contributed by atoms with Crippen LogP contribution in [0.25, 0.3) is 0 Å². The van der Waals surface area contributed by atoms with E-state index in [-0.39, 0.29) is 11.4 Å². The molecule has 0 aromatic heterocycles. The number of thiocarbonyl (C=S) groups is 1. The third kappa shape index (κ3) is 5.30. The molecule has 2 fully saturated rings. The monoisotopic (exact) mass is 484 g/mol. The maximum absolute atomic E-state index is 12.8. The van der Waals surface area contributed by atoms with E-state index in [1.165, 1.54) is 0 Å². The Morgan fingerprint density at radius 3 is 2.12 bits per heavy atom. The Kier molecular flexibility index (Phi) is 7.31. The summed E-state index contributed by atoms with van der Waals surface area (Å²) in [6.07, 6.45) is 2.98. The van der Waals surface area contributed by atoms with Crippen molar-refractivity contribution >= 4 is 34.7 Å². The van der Waals surface area contributed by atoms with Gasteiger partial charge in [-0.1, -0.05) is 12.1 Å². The van der Waals surface area contributed by atoms with E-state index in [0.29, 0.717) is 28.0 Å². The number of piperidine rings is 1. The number of methoxy groups -OCH3 is 3. The summed E-state index contributed by atoms with van der Waals surface area (Å²) >= 11 is 5.72. The minimum absolute atomic E-state index is 0.0848. The predicted molar refractivity (Wildman–Crippen MR) is 137 cm³/mol. The van der Waals surface area contributed by atoms with Gasteiger partial charge in [-0.2, -0.15) is 0 Å². The molecule has 2 aromatic rings. The van der Waals surface area contributed by atoms with Crippen molar-refractivity contribution in [3.8, 4) is 17.2 Å². The number of ether oxygens (including phenoxy) is 3. The molecule has 34 heavy (non-hydrogen) atoms. The lowest BCUT2D eigenvalue weighted by atomic mass is 9.78. The minimum Gasteiger partial charge on any atom is -0.497 e. The number of amides is 2. The van der Waals surface area contributed by atoms with Gasteiger partial charge in [-0.3, -0.25) is 0 Å². The number of likely N-dealkylation sites (tertiary alicyclic amines) is 2. The van der Waals surface area contributed by atoms with E-state index in [0.717, 1.165) is 51.1 Å². The number of anilines is 2. The number of nitrogens with one attached hydrogen (secondary N) is 2. The molecule has 4 rings (SSSR count). The SMILES string of the molecule is COc1cc(NC(=S)N2CCC3(CCN(C(=O)Nc4ccccc4OC)CC3)C2)cc(OC)c1. The van der Waals surface area contributed by atoms with Gasteiger partial charge in [0.2, 0.25) is 0 Å². The summed E-state index contributed by atoms with van der Waals surface area (Å²) in [5.74, 6) is 2.08. The van der Waals surface area contributed by atoms with E-state index in [1.807, 2.05) is 47.4 Å². The molecule has 0 unspecified atom stereocenters. The predicted octanol–water partition coefficient (Wildman–Crippen LogP) is 4.43. The highest BCUT2D eigenvalue weighted by atomic mass is 32.1. The van der Waals surface area contributed by atoms with Gasteiger partial charge >= 0.3 is 6.03 Å². The van der Waals surface area contributed by atoms with Crippen LogP contribution in [0.5, 0.6) is 17.2 Å². The molecule has 0 atom stereocenters. The molecule has 0 bridgehead atoms. The van der Waals surface area contributed by atoms with Gasteiger partial charge in [-0.05, 0) is 49.0 Å². The van der Waals surface area contributed by atoms with Gasteiger partial charge in [0.1, 0.15) is 17.2 Å². The summed E-state index contributed by atoms with van der Waals surface area (Å²) in [4.78, 5) is 16.9. The zero-order valence-electron chi connectivity index (χ0n) is 19.9. The van der Waals surface area contributed by atoms with Gasteiger partial charge in [0.25, 0.3) is 0 Å². The average molecular weight is 485 g/mol.